The third-order valence-corrected chi connectivity index (χ3v) is 8.60. The first-order valence-corrected chi connectivity index (χ1v) is 14.7. The van der Waals surface area contributed by atoms with E-state index in [0.29, 0.717) is 24.6 Å². The Morgan fingerprint density at radius 3 is 2.37 bits per heavy atom. The van der Waals surface area contributed by atoms with Gasteiger partial charge in [0.15, 0.2) is 5.65 Å². The summed E-state index contributed by atoms with van der Waals surface area (Å²) < 4.78 is 17.0. The monoisotopic (exact) mass is 554 g/mol. The number of fused-ring (bicyclic) bond motifs is 1. The van der Waals surface area contributed by atoms with Gasteiger partial charge in [0.2, 0.25) is 0 Å². The molecule has 7 nitrogen and oxygen atoms in total. The number of halogens is 1. The lowest BCUT2D eigenvalue weighted by molar-refractivity contribution is 0.104. The molecule has 0 bridgehead atoms. The fourth-order valence-electron chi connectivity index (χ4n) is 6.23. The number of hydrogen-bond acceptors (Lipinski definition) is 5. The second-order valence-electron chi connectivity index (χ2n) is 11.6. The van der Waals surface area contributed by atoms with Gasteiger partial charge in [-0.1, -0.05) is 36.4 Å². The molecule has 1 aliphatic heterocycles. The molecular weight excluding hydrogens is 517 g/mol. The van der Waals surface area contributed by atoms with Crippen molar-refractivity contribution in [2.75, 3.05) is 26.2 Å². The van der Waals surface area contributed by atoms with Crippen LogP contribution in [-0.4, -0.2) is 56.1 Å². The molecule has 2 aromatic heterocycles. The zero-order valence-electron chi connectivity index (χ0n) is 23.8. The first-order chi connectivity index (χ1) is 19.9. The van der Waals surface area contributed by atoms with Crippen molar-refractivity contribution in [3.05, 3.63) is 99.4 Å². The number of pyridine rings is 1. The van der Waals surface area contributed by atoms with E-state index in [9.17, 15) is 14.0 Å². The summed E-state index contributed by atoms with van der Waals surface area (Å²) in [5, 5.41) is 0.114. The topological polar surface area (TPSA) is 63.4 Å². The highest BCUT2D eigenvalue weighted by molar-refractivity contribution is 5.76. The molecular formula is C33H37FN5O2. The van der Waals surface area contributed by atoms with Gasteiger partial charge in [-0.25, -0.2) is 18.7 Å². The molecule has 0 N–H and O–H groups in total. The summed E-state index contributed by atoms with van der Waals surface area (Å²) in [6.45, 7) is 9.79. The molecule has 2 aliphatic rings. The van der Waals surface area contributed by atoms with Crippen molar-refractivity contribution in [2.24, 2.45) is 0 Å². The molecule has 0 unspecified atom stereocenters. The van der Waals surface area contributed by atoms with E-state index in [1.807, 2.05) is 24.3 Å². The summed E-state index contributed by atoms with van der Waals surface area (Å²) in [5.41, 5.74) is 3.12. The van der Waals surface area contributed by atoms with Crippen LogP contribution in [0.4, 0.5) is 4.39 Å². The van der Waals surface area contributed by atoms with Gasteiger partial charge in [-0.3, -0.25) is 19.2 Å². The summed E-state index contributed by atoms with van der Waals surface area (Å²) in [4.78, 5) is 36.6. The molecule has 41 heavy (non-hydrogen) atoms. The van der Waals surface area contributed by atoms with E-state index in [1.54, 1.807) is 0 Å². The zero-order chi connectivity index (χ0) is 28.5. The smallest absolute Gasteiger partial charge is 0.298 e. The SMILES string of the molecule is CC(C)N1CCN(Cc2ccc(-c3cccc(-n4c(=O)n(C5CC[CH]CC5)c(=O)c5cc(F)cnc54)c3)cc2)CC1. The van der Waals surface area contributed by atoms with Gasteiger partial charge in [-0.15, -0.1) is 0 Å². The first-order valence-electron chi connectivity index (χ1n) is 14.7. The fourth-order valence-corrected chi connectivity index (χ4v) is 6.23. The lowest BCUT2D eigenvalue weighted by atomic mass is 9.95. The van der Waals surface area contributed by atoms with Crippen LogP contribution in [0.1, 0.15) is 51.1 Å². The maximum absolute atomic E-state index is 14.2. The van der Waals surface area contributed by atoms with Crippen LogP contribution in [0.25, 0.3) is 27.8 Å². The van der Waals surface area contributed by atoms with Crippen molar-refractivity contribution in [2.45, 2.75) is 58.2 Å². The molecule has 0 amide bonds. The van der Waals surface area contributed by atoms with Gasteiger partial charge in [0.05, 0.1) is 17.3 Å². The van der Waals surface area contributed by atoms with Gasteiger partial charge in [0.25, 0.3) is 5.56 Å². The van der Waals surface area contributed by atoms with Crippen molar-refractivity contribution in [3.63, 3.8) is 0 Å². The van der Waals surface area contributed by atoms with E-state index in [4.69, 9.17) is 0 Å². The Balaban J connectivity index is 1.32. The largest absolute Gasteiger partial charge is 0.337 e. The van der Waals surface area contributed by atoms with Gasteiger partial charge in [-0.2, -0.15) is 0 Å². The molecule has 213 valence electrons. The Bertz CT molecular complexity index is 1650. The molecule has 1 saturated carbocycles. The molecule has 0 atom stereocenters. The number of piperazine rings is 1. The van der Waals surface area contributed by atoms with Crippen LogP contribution in [0.3, 0.4) is 0 Å². The van der Waals surface area contributed by atoms with Crippen molar-refractivity contribution >= 4 is 11.0 Å². The molecule has 2 fully saturated rings. The van der Waals surface area contributed by atoms with Gasteiger partial charge < -0.3 is 0 Å². The van der Waals surface area contributed by atoms with Gasteiger partial charge >= 0.3 is 5.69 Å². The highest BCUT2D eigenvalue weighted by Crippen LogP contribution is 2.27. The normalized spacial score (nSPS) is 17.5. The Kier molecular flexibility index (Phi) is 7.86. The van der Waals surface area contributed by atoms with Gasteiger partial charge in [-0.05, 0) is 80.8 Å². The standard InChI is InChI=1S/C33H37FN5O2/c1-23(2)37-17-15-36(16-18-37)22-24-11-13-25(14-12-24)26-7-6-10-29(19-26)38-31-30(20-27(34)21-35-31)32(40)39(33(38)41)28-8-4-3-5-9-28/h3,6-7,10-14,19-21,23,28H,4-5,8-9,15-18,22H2,1-2H3. The highest BCUT2D eigenvalue weighted by Gasteiger charge is 2.24. The minimum Gasteiger partial charge on any atom is -0.298 e. The molecule has 1 aliphatic carbocycles. The summed E-state index contributed by atoms with van der Waals surface area (Å²) in [7, 11) is 0. The number of nitrogens with zero attached hydrogens (tertiary/aromatic N) is 5. The molecule has 3 heterocycles. The molecule has 0 spiro atoms. The second kappa shape index (κ2) is 11.7. The Morgan fingerprint density at radius 1 is 0.927 bits per heavy atom. The minimum atomic E-state index is -0.598. The van der Waals surface area contributed by atoms with E-state index in [1.165, 1.54) is 20.8 Å². The predicted octanol–water partition coefficient (Wildman–Crippen LogP) is 5.20. The third kappa shape index (κ3) is 5.63. The number of benzene rings is 2. The average molecular weight is 555 g/mol. The number of hydrogen-bond donors (Lipinski definition) is 0. The first kappa shape index (κ1) is 27.5. The summed E-state index contributed by atoms with van der Waals surface area (Å²) in [6.07, 6.45) is 6.35. The maximum Gasteiger partial charge on any atom is 0.337 e. The fraction of sp³-hybridized carbons (Fsp3) is 0.394. The second-order valence-corrected chi connectivity index (χ2v) is 11.6. The number of aromatic nitrogens is 3. The van der Waals surface area contributed by atoms with Crippen LogP contribution in [0.5, 0.6) is 0 Å². The van der Waals surface area contributed by atoms with Crippen LogP contribution < -0.4 is 11.2 Å². The third-order valence-electron chi connectivity index (χ3n) is 8.60. The van der Waals surface area contributed by atoms with Crippen LogP contribution in [0.2, 0.25) is 0 Å². The number of rotatable bonds is 6. The lowest BCUT2D eigenvalue weighted by Gasteiger charge is -2.36. The molecule has 4 aromatic rings. The van der Waals surface area contributed by atoms with Crippen LogP contribution in [-0.2, 0) is 6.54 Å². The molecule has 2 aromatic carbocycles. The maximum atomic E-state index is 14.2. The Hall–Kier alpha value is -3.62. The Labute approximate surface area is 239 Å². The van der Waals surface area contributed by atoms with Crippen molar-refractivity contribution in [1.82, 2.24) is 23.9 Å². The van der Waals surface area contributed by atoms with E-state index < -0.39 is 17.1 Å². The average Bonchev–Trinajstić information content (AvgIpc) is 2.99. The lowest BCUT2D eigenvalue weighted by Crippen LogP contribution is -2.48. The summed E-state index contributed by atoms with van der Waals surface area (Å²) >= 11 is 0. The summed E-state index contributed by atoms with van der Waals surface area (Å²) in [6, 6.07) is 17.8. The zero-order valence-corrected chi connectivity index (χ0v) is 23.8. The summed E-state index contributed by atoms with van der Waals surface area (Å²) in [5.74, 6) is -0.598. The minimum absolute atomic E-state index is 0.114. The molecule has 1 saturated heterocycles. The van der Waals surface area contributed by atoms with Gasteiger partial charge in [0, 0.05) is 44.8 Å². The van der Waals surface area contributed by atoms with Crippen LogP contribution in [0.15, 0.2) is 70.4 Å². The highest BCUT2D eigenvalue weighted by atomic mass is 19.1. The van der Waals surface area contributed by atoms with Crippen molar-refractivity contribution in [1.29, 1.82) is 0 Å². The van der Waals surface area contributed by atoms with Crippen LogP contribution in [0, 0.1) is 12.2 Å². The van der Waals surface area contributed by atoms with E-state index >= 15 is 0 Å². The quantitative estimate of drug-likeness (QED) is 0.328. The van der Waals surface area contributed by atoms with Crippen molar-refractivity contribution < 1.29 is 4.39 Å². The van der Waals surface area contributed by atoms with Crippen molar-refractivity contribution in [3.8, 4) is 16.8 Å². The molecule has 1 radical (unpaired) electrons. The van der Waals surface area contributed by atoms with E-state index in [0.717, 1.165) is 62.9 Å². The van der Waals surface area contributed by atoms with Gasteiger partial charge in [0.1, 0.15) is 5.82 Å². The Morgan fingerprint density at radius 2 is 1.66 bits per heavy atom. The predicted molar refractivity (Wildman–Crippen MR) is 161 cm³/mol. The molecule has 6 rings (SSSR count). The van der Waals surface area contributed by atoms with Crippen LogP contribution >= 0.6 is 0 Å². The van der Waals surface area contributed by atoms with E-state index in [-0.39, 0.29) is 17.1 Å². The molecule has 8 heteroatoms. The van der Waals surface area contributed by atoms with E-state index in [2.05, 4.69) is 59.3 Å².